The molecule has 2 aromatic rings. The summed E-state index contributed by atoms with van der Waals surface area (Å²) in [5, 5.41) is 0. The molecular formula is C15H21N5. The van der Waals surface area contributed by atoms with Crippen molar-refractivity contribution in [2.45, 2.75) is 33.2 Å². The highest BCUT2D eigenvalue weighted by atomic mass is 15.2. The van der Waals surface area contributed by atoms with Gasteiger partial charge < -0.3 is 10.6 Å². The zero-order chi connectivity index (χ0) is 14.5. The van der Waals surface area contributed by atoms with E-state index in [-0.39, 0.29) is 0 Å². The Morgan fingerprint density at radius 2 is 1.90 bits per heavy atom. The molecular weight excluding hydrogens is 250 g/mol. The van der Waals surface area contributed by atoms with E-state index in [1.165, 1.54) is 5.56 Å². The minimum absolute atomic E-state index is 0.569. The molecule has 2 rings (SSSR count). The summed E-state index contributed by atoms with van der Waals surface area (Å²) in [5.41, 5.74) is 8.12. The van der Waals surface area contributed by atoms with Crippen LogP contribution >= 0.6 is 0 Å². The van der Waals surface area contributed by atoms with Gasteiger partial charge in [-0.2, -0.15) is 0 Å². The summed E-state index contributed by atoms with van der Waals surface area (Å²) in [6.07, 6.45) is 5.45. The monoisotopic (exact) mass is 271 g/mol. The second-order valence-corrected chi connectivity index (χ2v) is 4.94. The van der Waals surface area contributed by atoms with E-state index in [2.05, 4.69) is 26.8 Å². The first-order chi connectivity index (χ1) is 9.61. The van der Waals surface area contributed by atoms with Gasteiger partial charge in [-0.3, -0.25) is 4.98 Å². The molecule has 5 nitrogen and oxygen atoms in total. The highest BCUT2D eigenvalue weighted by Gasteiger charge is 2.12. The third kappa shape index (κ3) is 3.23. The average Bonchev–Trinajstić information content (AvgIpc) is 2.44. The Labute approximate surface area is 119 Å². The fourth-order valence-electron chi connectivity index (χ4n) is 2.11. The van der Waals surface area contributed by atoms with Crippen LogP contribution in [0.15, 0.2) is 24.5 Å². The van der Waals surface area contributed by atoms with Crippen molar-refractivity contribution < 1.29 is 0 Å². The van der Waals surface area contributed by atoms with Crippen molar-refractivity contribution in [1.29, 1.82) is 0 Å². The van der Waals surface area contributed by atoms with Crippen molar-refractivity contribution in [1.82, 2.24) is 15.0 Å². The second-order valence-electron chi connectivity index (χ2n) is 4.94. The summed E-state index contributed by atoms with van der Waals surface area (Å²) in [5.74, 6) is 2.28. The molecule has 0 saturated heterocycles. The Balaban J connectivity index is 2.26. The van der Waals surface area contributed by atoms with Crippen LogP contribution < -0.4 is 10.6 Å². The number of anilines is 2. The number of aryl methyl sites for hydroxylation is 1. The van der Waals surface area contributed by atoms with Crippen LogP contribution in [0.2, 0.25) is 0 Å². The Morgan fingerprint density at radius 3 is 2.55 bits per heavy atom. The molecule has 106 valence electrons. The Hall–Kier alpha value is -2.17. The summed E-state index contributed by atoms with van der Waals surface area (Å²) < 4.78 is 0. The van der Waals surface area contributed by atoms with E-state index >= 15 is 0 Å². The largest absolute Gasteiger partial charge is 0.383 e. The molecule has 0 bridgehead atoms. The number of hydrogen-bond acceptors (Lipinski definition) is 5. The lowest BCUT2D eigenvalue weighted by molar-refractivity contribution is 0.809. The summed E-state index contributed by atoms with van der Waals surface area (Å²) >= 11 is 0. The molecule has 0 amide bonds. The molecule has 0 atom stereocenters. The zero-order valence-electron chi connectivity index (χ0n) is 12.3. The molecule has 0 aliphatic rings. The molecule has 2 heterocycles. The lowest BCUT2D eigenvalue weighted by Crippen LogP contribution is -2.21. The van der Waals surface area contributed by atoms with Gasteiger partial charge in [0.1, 0.15) is 17.5 Å². The van der Waals surface area contributed by atoms with Crippen LogP contribution in [-0.4, -0.2) is 22.0 Å². The predicted molar refractivity (Wildman–Crippen MR) is 81.5 cm³/mol. The lowest BCUT2D eigenvalue weighted by atomic mass is 10.2. The smallest absolute Gasteiger partial charge is 0.137 e. The van der Waals surface area contributed by atoms with E-state index in [4.69, 9.17) is 5.73 Å². The molecule has 2 aromatic heterocycles. The van der Waals surface area contributed by atoms with Crippen molar-refractivity contribution in [3.8, 4) is 0 Å². The normalized spacial score (nSPS) is 10.6. The Morgan fingerprint density at radius 1 is 1.20 bits per heavy atom. The Kier molecular flexibility index (Phi) is 4.50. The van der Waals surface area contributed by atoms with E-state index < -0.39 is 0 Å². The van der Waals surface area contributed by atoms with Gasteiger partial charge in [-0.15, -0.1) is 0 Å². The van der Waals surface area contributed by atoms with Crippen LogP contribution in [0.3, 0.4) is 0 Å². The fourth-order valence-corrected chi connectivity index (χ4v) is 2.11. The van der Waals surface area contributed by atoms with E-state index in [1.54, 1.807) is 12.4 Å². The number of aromatic nitrogens is 3. The molecule has 0 aliphatic carbocycles. The highest BCUT2D eigenvalue weighted by Crippen LogP contribution is 2.22. The van der Waals surface area contributed by atoms with E-state index in [0.717, 1.165) is 36.6 Å². The van der Waals surface area contributed by atoms with Crippen molar-refractivity contribution >= 4 is 11.6 Å². The van der Waals surface area contributed by atoms with E-state index in [1.807, 2.05) is 26.1 Å². The van der Waals surface area contributed by atoms with Gasteiger partial charge in [0.25, 0.3) is 0 Å². The molecule has 0 aliphatic heterocycles. The quantitative estimate of drug-likeness (QED) is 0.904. The van der Waals surface area contributed by atoms with Gasteiger partial charge in [0, 0.05) is 38.0 Å². The van der Waals surface area contributed by atoms with Crippen LogP contribution in [-0.2, 0) is 13.0 Å². The zero-order valence-corrected chi connectivity index (χ0v) is 12.3. The predicted octanol–water partition coefficient (Wildman–Crippen LogP) is 2.35. The van der Waals surface area contributed by atoms with Crippen LogP contribution in [0.1, 0.15) is 30.3 Å². The maximum atomic E-state index is 6.00. The van der Waals surface area contributed by atoms with Gasteiger partial charge in [-0.1, -0.05) is 6.92 Å². The minimum Gasteiger partial charge on any atom is -0.383 e. The number of nitrogens with zero attached hydrogens (tertiary/aromatic N) is 4. The first-order valence-electron chi connectivity index (χ1n) is 6.84. The second kappa shape index (κ2) is 6.32. The molecule has 0 aromatic carbocycles. The summed E-state index contributed by atoms with van der Waals surface area (Å²) in [6, 6.07) is 4.01. The molecule has 0 radical (unpaired) electrons. The Bertz CT molecular complexity index is 568. The number of nitrogens with two attached hydrogens (primary N) is 1. The van der Waals surface area contributed by atoms with Crippen molar-refractivity contribution in [2.75, 3.05) is 17.7 Å². The first kappa shape index (κ1) is 14.2. The average molecular weight is 271 g/mol. The number of hydrogen-bond donors (Lipinski definition) is 1. The van der Waals surface area contributed by atoms with Crippen LogP contribution in [0.5, 0.6) is 0 Å². The SMILES string of the molecule is CCCc1nc(N)c(C)c(N(C)Cc2ccncc2)n1. The molecule has 0 unspecified atom stereocenters. The van der Waals surface area contributed by atoms with Crippen molar-refractivity contribution in [3.05, 3.63) is 41.5 Å². The van der Waals surface area contributed by atoms with Gasteiger partial charge in [-0.05, 0) is 31.0 Å². The van der Waals surface area contributed by atoms with Crippen molar-refractivity contribution in [3.63, 3.8) is 0 Å². The van der Waals surface area contributed by atoms with E-state index in [0.29, 0.717) is 5.82 Å². The van der Waals surface area contributed by atoms with Crippen LogP contribution in [0.4, 0.5) is 11.6 Å². The summed E-state index contributed by atoms with van der Waals surface area (Å²) in [4.78, 5) is 15.1. The molecule has 5 heteroatoms. The lowest BCUT2D eigenvalue weighted by Gasteiger charge is -2.21. The van der Waals surface area contributed by atoms with Gasteiger partial charge in [0.2, 0.25) is 0 Å². The molecule has 0 fully saturated rings. The molecule has 2 N–H and O–H groups in total. The number of pyridine rings is 1. The summed E-state index contributed by atoms with van der Waals surface area (Å²) in [7, 11) is 2.02. The van der Waals surface area contributed by atoms with E-state index in [9.17, 15) is 0 Å². The third-order valence-corrected chi connectivity index (χ3v) is 3.21. The number of nitrogen functional groups attached to an aromatic ring is 1. The van der Waals surface area contributed by atoms with Gasteiger partial charge in [0.15, 0.2) is 0 Å². The van der Waals surface area contributed by atoms with Gasteiger partial charge in [-0.25, -0.2) is 9.97 Å². The van der Waals surface area contributed by atoms with Crippen LogP contribution in [0.25, 0.3) is 0 Å². The molecule has 0 spiro atoms. The van der Waals surface area contributed by atoms with Crippen molar-refractivity contribution in [2.24, 2.45) is 0 Å². The maximum absolute atomic E-state index is 6.00. The molecule has 0 saturated carbocycles. The first-order valence-corrected chi connectivity index (χ1v) is 6.84. The molecule has 20 heavy (non-hydrogen) atoms. The fraction of sp³-hybridized carbons (Fsp3) is 0.400. The van der Waals surface area contributed by atoms with Gasteiger partial charge in [0.05, 0.1) is 0 Å². The van der Waals surface area contributed by atoms with Gasteiger partial charge >= 0.3 is 0 Å². The highest BCUT2D eigenvalue weighted by molar-refractivity contribution is 5.56. The topological polar surface area (TPSA) is 67.9 Å². The van der Waals surface area contributed by atoms with Crippen LogP contribution in [0, 0.1) is 6.92 Å². The minimum atomic E-state index is 0.569. The summed E-state index contributed by atoms with van der Waals surface area (Å²) in [6.45, 7) is 4.84. The number of rotatable bonds is 5. The maximum Gasteiger partial charge on any atom is 0.137 e. The standard InChI is InChI=1S/C15H21N5/c1-4-5-13-18-14(16)11(2)15(19-13)20(3)10-12-6-8-17-9-7-12/h6-9H,4-5,10H2,1-3H3,(H2,16,18,19). The third-order valence-electron chi connectivity index (χ3n) is 3.21.